The quantitative estimate of drug-likeness (QED) is 0.919. The molecule has 2 N–H and O–H groups in total. The van der Waals surface area contributed by atoms with Crippen molar-refractivity contribution in [2.45, 2.75) is 25.9 Å². The van der Waals surface area contributed by atoms with Crippen LogP contribution in [0.2, 0.25) is 0 Å². The van der Waals surface area contributed by atoms with Crippen molar-refractivity contribution in [2.24, 2.45) is 5.73 Å². The molecule has 0 heterocycles. The van der Waals surface area contributed by atoms with E-state index in [9.17, 15) is 0 Å². The van der Waals surface area contributed by atoms with Crippen LogP contribution in [-0.4, -0.2) is 12.6 Å². The molecule has 1 saturated carbocycles. The van der Waals surface area contributed by atoms with Crippen molar-refractivity contribution < 1.29 is 4.74 Å². The maximum absolute atomic E-state index is 5.90. The summed E-state index contributed by atoms with van der Waals surface area (Å²) in [7, 11) is 0. The first-order valence-electron chi connectivity index (χ1n) is 5.54. The first-order chi connectivity index (χ1) is 7.70. The van der Waals surface area contributed by atoms with E-state index in [2.05, 4.69) is 35.0 Å². The second-order valence-corrected chi connectivity index (χ2v) is 4.97. The van der Waals surface area contributed by atoms with Gasteiger partial charge in [0.15, 0.2) is 0 Å². The molecule has 0 aromatic heterocycles. The van der Waals surface area contributed by atoms with Crippen molar-refractivity contribution in [2.75, 3.05) is 6.54 Å². The second kappa shape index (κ2) is 5.02. The molecule has 0 aliphatic heterocycles. The second-order valence-electron chi connectivity index (χ2n) is 4.12. The molecule has 0 amide bonds. The Morgan fingerprint density at radius 1 is 1.50 bits per heavy atom. The minimum atomic E-state index is 0.407. The summed E-state index contributed by atoms with van der Waals surface area (Å²) in [6.07, 6.45) is 6.71. The minimum absolute atomic E-state index is 0.407. The number of halogens is 1. The lowest BCUT2D eigenvalue weighted by atomic mass is 10.1. The lowest BCUT2D eigenvalue weighted by Crippen LogP contribution is -2.00. The van der Waals surface area contributed by atoms with Gasteiger partial charge in [0.05, 0.1) is 10.6 Å². The zero-order chi connectivity index (χ0) is 11.5. The van der Waals surface area contributed by atoms with Gasteiger partial charge < -0.3 is 10.5 Å². The number of ether oxygens (including phenoxy) is 1. The molecular weight excluding hydrogens is 266 g/mol. The Kier molecular flexibility index (Phi) is 3.66. The van der Waals surface area contributed by atoms with E-state index in [1.165, 1.54) is 18.4 Å². The van der Waals surface area contributed by atoms with Crippen molar-refractivity contribution in [1.29, 1.82) is 0 Å². The van der Waals surface area contributed by atoms with Crippen LogP contribution in [0.1, 0.15) is 24.0 Å². The zero-order valence-corrected chi connectivity index (χ0v) is 11.0. The predicted octanol–water partition coefficient (Wildman–Crippen LogP) is 3.27. The van der Waals surface area contributed by atoms with Gasteiger partial charge in [-0.1, -0.05) is 12.2 Å². The van der Waals surface area contributed by atoms with E-state index >= 15 is 0 Å². The van der Waals surface area contributed by atoms with Crippen LogP contribution < -0.4 is 10.5 Å². The molecule has 1 fully saturated rings. The van der Waals surface area contributed by atoms with E-state index in [0.717, 1.165) is 15.8 Å². The summed E-state index contributed by atoms with van der Waals surface area (Å²) in [5.74, 6) is 0.942. The van der Waals surface area contributed by atoms with Crippen LogP contribution in [0.3, 0.4) is 0 Å². The Morgan fingerprint density at radius 3 is 2.88 bits per heavy atom. The molecule has 1 aromatic rings. The molecule has 0 spiro atoms. The van der Waals surface area contributed by atoms with Gasteiger partial charge in [0, 0.05) is 12.1 Å². The number of benzene rings is 1. The predicted molar refractivity (Wildman–Crippen MR) is 70.6 cm³/mol. The summed E-state index contributed by atoms with van der Waals surface area (Å²) in [5.41, 5.74) is 7.79. The van der Waals surface area contributed by atoms with Crippen molar-refractivity contribution in [1.82, 2.24) is 0 Å². The van der Waals surface area contributed by atoms with Crippen LogP contribution in [0.25, 0.3) is 6.08 Å². The molecule has 1 aliphatic carbocycles. The highest BCUT2D eigenvalue weighted by atomic mass is 79.9. The molecule has 1 aromatic carbocycles. The summed E-state index contributed by atoms with van der Waals surface area (Å²) in [5, 5.41) is 0. The van der Waals surface area contributed by atoms with Gasteiger partial charge in [-0.2, -0.15) is 0 Å². The van der Waals surface area contributed by atoms with Gasteiger partial charge in [-0.25, -0.2) is 0 Å². The van der Waals surface area contributed by atoms with E-state index < -0.39 is 0 Å². The normalized spacial score (nSPS) is 15.7. The van der Waals surface area contributed by atoms with Crippen LogP contribution in [0.4, 0.5) is 0 Å². The molecule has 16 heavy (non-hydrogen) atoms. The minimum Gasteiger partial charge on any atom is -0.489 e. The lowest BCUT2D eigenvalue weighted by Gasteiger charge is -2.11. The maximum atomic E-state index is 5.90. The molecule has 0 radical (unpaired) electrons. The van der Waals surface area contributed by atoms with Gasteiger partial charge >= 0.3 is 0 Å². The fourth-order valence-corrected chi connectivity index (χ4v) is 2.23. The van der Waals surface area contributed by atoms with Gasteiger partial charge in [-0.15, -0.1) is 0 Å². The standard InChI is InChI=1S/C13H16BrNO/c1-9-7-10(3-2-6-15)13(12(14)8-9)16-11-4-5-11/h2-3,7-8,11H,4-6,15H2,1H3/b3-2+. The van der Waals surface area contributed by atoms with Crippen molar-refractivity contribution in [3.63, 3.8) is 0 Å². The maximum Gasteiger partial charge on any atom is 0.141 e. The lowest BCUT2D eigenvalue weighted by molar-refractivity contribution is 0.300. The average Bonchev–Trinajstić information content (AvgIpc) is 3.03. The van der Waals surface area contributed by atoms with Crippen LogP contribution in [0.5, 0.6) is 5.75 Å². The highest BCUT2D eigenvalue weighted by molar-refractivity contribution is 9.10. The van der Waals surface area contributed by atoms with Gasteiger partial charge in [0.25, 0.3) is 0 Å². The van der Waals surface area contributed by atoms with Crippen molar-refractivity contribution in [3.05, 3.63) is 33.8 Å². The van der Waals surface area contributed by atoms with Crippen LogP contribution in [-0.2, 0) is 0 Å². The summed E-state index contributed by atoms with van der Waals surface area (Å²) in [6.45, 7) is 2.62. The van der Waals surface area contributed by atoms with Crippen LogP contribution >= 0.6 is 15.9 Å². The highest BCUT2D eigenvalue weighted by Crippen LogP contribution is 2.36. The molecule has 0 unspecified atom stereocenters. The smallest absolute Gasteiger partial charge is 0.141 e. The first kappa shape index (κ1) is 11.7. The zero-order valence-electron chi connectivity index (χ0n) is 9.37. The Morgan fingerprint density at radius 2 is 2.25 bits per heavy atom. The number of rotatable bonds is 4. The van der Waals surface area contributed by atoms with Crippen LogP contribution in [0.15, 0.2) is 22.7 Å². The fourth-order valence-electron chi connectivity index (χ4n) is 1.55. The third-order valence-corrected chi connectivity index (χ3v) is 3.05. The first-order valence-corrected chi connectivity index (χ1v) is 6.33. The molecular formula is C13H16BrNO. The number of hydrogen-bond acceptors (Lipinski definition) is 2. The van der Waals surface area contributed by atoms with Gasteiger partial charge in [-0.05, 0) is 53.4 Å². The topological polar surface area (TPSA) is 35.2 Å². The Bertz CT molecular complexity index is 411. The van der Waals surface area contributed by atoms with Crippen molar-refractivity contribution in [3.8, 4) is 5.75 Å². The SMILES string of the molecule is Cc1cc(Br)c(OC2CC2)c(/C=C/CN)c1. The Balaban J connectivity index is 2.32. The van der Waals surface area contributed by atoms with E-state index in [1.807, 2.05) is 12.2 Å². The molecule has 86 valence electrons. The largest absolute Gasteiger partial charge is 0.489 e. The molecule has 0 atom stereocenters. The molecule has 3 heteroatoms. The summed E-state index contributed by atoms with van der Waals surface area (Å²) < 4.78 is 6.92. The summed E-state index contributed by atoms with van der Waals surface area (Å²) in [4.78, 5) is 0. The number of aryl methyl sites for hydroxylation is 1. The van der Waals surface area contributed by atoms with Gasteiger partial charge in [0.2, 0.25) is 0 Å². The van der Waals surface area contributed by atoms with Gasteiger partial charge in [0.1, 0.15) is 5.75 Å². The molecule has 1 aliphatic rings. The summed E-state index contributed by atoms with van der Waals surface area (Å²) in [6, 6.07) is 4.20. The molecule has 0 saturated heterocycles. The molecule has 2 rings (SSSR count). The van der Waals surface area contributed by atoms with E-state index in [4.69, 9.17) is 10.5 Å². The van der Waals surface area contributed by atoms with Crippen molar-refractivity contribution >= 4 is 22.0 Å². The number of hydrogen-bond donors (Lipinski definition) is 1. The third kappa shape index (κ3) is 2.86. The molecule has 0 bridgehead atoms. The van der Waals surface area contributed by atoms with E-state index in [1.54, 1.807) is 0 Å². The number of nitrogens with two attached hydrogens (primary N) is 1. The molecule has 2 nitrogen and oxygen atoms in total. The van der Waals surface area contributed by atoms with E-state index in [-0.39, 0.29) is 0 Å². The summed E-state index contributed by atoms with van der Waals surface area (Å²) >= 11 is 3.56. The van der Waals surface area contributed by atoms with Crippen LogP contribution in [0, 0.1) is 6.92 Å². The monoisotopic (exact) mass is 281 g/mol. The Hall–Kier alpha value is -0.800. The fraction of sp³-hybridized carbons (Fsp3) is 0.385. The Labute approximate surface area is 105 Å². The van der Waals surface area contributed by atoms with E-state index in [0.29, 0.717) is 12.6 Å². The van der Waals surface area contributed by atoms with Gasteiger partial charge in [-0.3, -0.25) is 0 Å². The third-order valence-electron chi connectivity index (χ3n) is 2.46. The highest BCUT2D eigenvalue weighted by Gasteiger charge is 2.25. The average molecular weight is 282 g/mol.